The number of fused-ring (bicyclic) bond motifs is 1. The van der Waals surface area contributed by atoms with Crippen molar-refractivity contribution in [3.05, 3.63) is 28.5 Å². The predicted molar refractivity (Wildman–Crippen MR) is 80.8 cm³/mol. The maximum Gasteiger partial charge on any atom is 0.408 e. The monoisotopic (exact) mass is 354 g/mol. The summed E-state index contributed by atoms with van der Waals surface area (Å²) < 4.78 is 11.8. The van der Waals surface area contributed by atoms with Crippen molar-refractivity contribution in [3.63, 3.8) is 0 Å². The molecular weight excluding hydrogens is 336 g/mol. The number of nitrogens with zero attached hydrogens (tertiary/aromatic N) is 1. The molecule has 0 bridgehead atoms. The Labute approximate surface area is 132 Å². The lowest BCUT2D eigenvalue weighted by Gasteiger charge is -2.26. The number of carbonyl (C=O) groups excluding carboxylic acids is 1. The molecule has 21 heavy (non-hydrogen) atoms. The highest BCUT2D eigenvalue weighted by molar-refractivity contribution is 9.10. The molecule has 0 aromatic carbocycles. The van der Waals surface area contributed by atoms with E-state index in [2.05, 4.69) is 26.2 Å². The van der Waals surface area contributed by atoms with Crippen molar-refractivity contribution in [1.29, 1.82) is 0 Å². The van der Waals surface area contributed by atoms with E-state index in [1.54, 1.807) is 6.20 Å². The Bertz CT molecular complexity index is 560. The molecule has 114 valence electrons. The van der Waals surface area contributed by atoms with Crippen LogP contribution in [0.1, 0.15) is 26.5 Å². The van der Waals surface area contributed by atoms with Crippen LogP contribution in [-0.4, -0.2) is 29.9 Å². The molecule has 1 aromatic rings. The van der Waals surface area contributed by atoms with Crippen molar-refractivity contribution < 1.29 is 14.3 Å². The number of halogens is 1. The summed E-state index contributed by atoms with van der Waals surface area (Å²) in [6.45, 7) is 6.85. The lowest BCUT2D eigenvalue weighted by atomic mass is 10.1. The van der Waals surface area contributed by atoms with Gasteiger partial charge >= 0.3 is 6.09 Å². The first-order chi connectivity index (χ1) is 9.84. The van der Waals surface area contributed by atoms with E-state index in [1.807, 2.05) is 32.9 Å². The van der Waals surface area contributed by atoms with Gasteiger partial charge in [0.05, 0.1) is 24.4 Å². The van der Waals surface area contributed by atoms with E-state index in [4.69, 9.17) is 9.47 Å². The van der Waals surface area contributed by atoms with Gasteiger partial charge in [-0.2, -0.15) is 0 Å². The zero-order chi connectivity index (χ0) is 15.3. The molecule has 5 nitrogen and oxygen atoms in total. The molecule has 0 radical (unpaired) electrons. The first kappa shape index (κ1) is 14.8. The summed E-state index contributed by atoms with van der Waals surface area (Å²) >= 11 is 3.54. The first-order valence-corrected chi connectivity index (χ1v) is 7.84. The second-order valence-corrected chi connectivity index (χ2v) is 7.43. The molecular formula is C15H19BrN2O3. The van der Waals surface area contributed by atoms with Crippen molar-refractivity contribution in [3.8, 4) is 0 Å². The molecule has 1 saturated heterocycles. The van der Waals surface area contributed by atoms with Gasteiger partial charge in [0.15, 0.2) is 0 Å². The molecule has 1 unspecified atom stereocenters. The fourth-order valence-corrected chi connectivity index (χ4v) is 3.70. The Hall–Kier alpha value is -1.14. The van der Waals surface area contributed by atoms with Crippen molar-refractivity contribution in [1.82, 2.24) is 10.3 Å². The average Bonchev–Trinajstić information content (AvgIpc) is 2.75. The second-order valence-electron chi connectivity index (χ2n) is 6.58. The molecule has 2 fully saturated rings. The van der Waals surface area contributed by atoms with Crippen LogP contribution in [-0.2, 0) is 15.0 Å². The number of hydrogen-bond acceptors (Lipinski definition) is 4. The maximum atomic E-state index is 12.2. The van der Waals surface area contributed by atoms with Gasteiger partial charge in [-0.15, -0.1) is 0 Å². The maximum absolute atomic E-state index is 12.2. The number of aromatic nitrogens is 1. The molecule has 1 aliphatic carbocycles. The number of alkyl carbamates (subject to hydrolysis) is 1. The summed E-state index contributed by atoms with van der Waals surface area (Å²) in [4.78, 5) is 16.7. The van der Waals surface area contributed by atoms with Crippen LogP contribution in [0.2, 0.25) is 0 Å². The minimum absolute atomic E-state index is 0.260. The molecule has 2 heterocycles. The highest BCUT2D eigenvalue weighted by atomic mass is 79.9. The summed E-state index contributed by atoms with van der Waals surface area (Å²) in [6, 6.07) is 3.80. The Balaban J connectivity index is 1.87. The van der Waals surface area contributed by atoms with Gasteiger partial charge < -0.3 is 14.8 Å². The molecule has 2 aliphatic rings. The molecule has 1 amide bonds. The van der Waals surface area contributed by atoms with Crippen LogP contribution >= 0.6 is 15.9 Å². The average molecular weight is 355 g/mol. The SMILES string of the molecule is CC(C)(C)OC(=O)N[C@]1(c2ncccc2Br)C2COC[C@@H]21. The van der Waals surface area contributed by atoms with Crippen LogP contribution in [0.5, 0.6) is 0 Å². The van der Waals surface area contributed by atoms with Crippen LogP contribution in [0, 0.1) is 11.8 Å². The standard InChI is InChI=1S/C15H19BrN2O3/c1-14(2,3)21-13(19)18-15(9-7-20-8-10(9)15)12-11(16)5-4-6-17-12/h4-6,9-10H,7-8H2,1-3H3,(H,18,19)/t9-,10?,15-/m0/s1. The molecule has 1 aliphatic heterocycles. The summed E-state index contributed by atoms with van der Waals surface area (Å²) in [5.74, 6) is 0.521. The van der Waals surface area contributed by atoms with Crippen molar-refractivity contribution >= 4 is 22.0 Å². The number of hydrogen-bond donors (Lipinski definition) is 1. The van der Waals surface area contributed by atoms with E-state index in [0.29, 0.717) is 13.2 Å². The lowest BCUT2D eigenvalue weighted by Crippen LogP contribution is -2.43. The van der Waals surface area contributed by atoms with Crippen LogP contribution in [0.4, 0.5) is 4.79 Å². The van der Waals surface area contributed by atoms with Crippen molar-refractivity contribution in [2.24, 2.45) is 11.8 Å². The first-order valence-electron chi connectivity index (χ1n) is 7.04. The Morgan fingerprint density at radius 2 is 2.14 bits per heavy atom. The van der Waals surface area contributed by atoms with Gasteiger partial charge in [-0.1, -0.05) is 0 Å². The van der Waals surface area contributed by atoms with Crippen LogP contribution in [0.3, 0.4) is 0 Å². The van der Waals surface area contributed by atoms with Crippen molar-refractivity contribution in [2.45, 2.75) is 31.9 Å². The molecule has 1 aromatic heterocycles. The lowest BCUT2D eigenvalue weighted by molar-refractivity contribution is 0.0447. The predicted octanol–water partition coefficient (Wildman–Crippen LogP) is 2.84. The van der Waals surface area contributed by atoms with Gasteiger partial charge in [-0.25, -0.2) is 4.79 Å². The number of pyridine rings is 1. The molecule has 6 heteroatoms. The van der Waals surface area contributed by atoms with Crippen molar-refractivity contribution in [2.75, 3.05) is 13.2 Å². The topological polar surface area (TPSA) is 60.5 Å². The van der Waals surface area contributed by atoms with Crippen LogP contribution in [0.15, 0.2) is 22.8 Å². The number of ether oxygens (including phenoxy) is 2. The summed E-state index contributed by atoms with van der Waals surface area (Å²) in [5.41, 5.74) is -0.137. The summed E-state index contributed by atoms with van der Waals surface area (Å²) in [7, 11) is 0. The third-order valence-electron chi connectivity index (χ3n) is 4.00. The smallest absolute Gasteiger partial charge is 0.408 e. The molecule has 1 saturated carbocycles. The Morgan fingerprint density at radius 1 is 1.48 bits per heavy atom. The Kier molecular flexibility index (Phi) is 3.48. The van der Waals surface area contributed by atoms with E-state index in [9.17, 15) is 4.79 Å². The zero-order valence-corrected chi connectivity index (χ0v) is 13.9. The third-order valence-corrected chi connectivity index (χ3v) is 4.64. The van der Waals surface area contributed by atoms with Gasteiger partial charge in [0.1, 0.15) is 5.60 Å². The van der Waals surface area contributed by atoms with Crippen LogP contribution < -0.4 is 5.32 Å². The van der Waals surface area contributed by atoms with E-state index in [0.717, 1.165) is 10.2 Å². The number of rotatable bonds is 2. The highest BCUT2D eigenvalue weighted by Gasteiger charge is 2.71. The van der Waals surface area contributed by atoms with Gasteiger partial charge in [0, 0.05) is 22.5 Å². The van der Waals surface area contributed by atoms with E-state index in [1.165, 1.54) is 0 Å². The minimum atomic E-state index is -0.521. The highest BCUT2D eigenvalue weighted by Crippen LogP contribution is 2.61. The van der Waals surface area contributed by atoms with Gasteiger partial charge in [-0.3, -0.25) is 4.98 Å². The number of nitrogens with one attached hydrogen (secondary N) is 1. The summed E-state index contributed by atoms with van der Waals surface area (Å²) in [6.07, 6.45) is 1.34. The summed E-state index contributed by atoms with van der Waals surface area (Å²) in [5, 5.41) is 3.05. The number of carbonyl (C=O) groups is 1. The largest absolute Gasteiger partial charge is 0.444 e. The fourth-order valence-electron chi connectivity index (χ4n) is 3.11. The second kappa shape index (κ2) is 4.95. The quantitative estimate of drug-likeness (QED) is 0.886. The molecule has 1 N–H and O–H groups in total. The van der Waals surface area contributed by atoms with Gasteiger partial charge in [-0.05, 0) is 48.8 Å². The van der Waals surface area contributed by atoms with E-state index in [-0.39, 0.29) is 11.8 Å². The molecule has 0 spiro atoms. The zero-order valence-electron chi connectivity index (χ0n) is 12.4. The fraction of sp³-hybridized carbons (Fsp3) is 0.600. The van der Waals surface area contributed by atoms with E-state index < -0.39 is 17.2 Å². The van der Waals surface area contributed by atoms with Gasteiger partial charge in [0.25, 0.3) is 0 Å². The number of amides is 1. The normalized spacial score (nSPS) is 30.7. The minimum Gasteiger partial charge on any atom is -0.444 e. The Morgan fingerprint density at radius 3 is 2.71 bits per heavy atom. The van der Waals surface area contributed by atoms with E-state index >= 15 is 0 Å². The molecule has 3 rings (SSSR count). The van der Waals surface area contributed by atoms with Gasteiger partial charge in [0.2, 0.25) is 0 Å². The third kappa shape index (κ3) is 2.55. The molecule has 3 atom stereocenters. The van der Waals surface area contributed by atoms with Crippen LogP contribution in [0.25, 0.3) is 0 Å².